The number of epoxide rings is 1. The fourth-order valence-corrected chi connectivity index (χ4v) is 8.56. The summed E-state index contributed by atoms with van der Waals surface area (Å²) in [6, 6.07) is 0. The third-order valence-electron chi connectivity index (χ3n) is 9.69. The summed E-state index contributed by atoms with van der Waals surface area (Å²) in [4.78, 5) is 12.1. The van der Waals surface area contributed by atoms with Crippen LogP contribution in [0.2, 0.25) is 0 Å². The van der Waals surface area contributed by atoms with Crippen LogP contribution in [-0.2, 0) is 14.3 Å². The van der Waals surface area contributed by atoms with Gasteiger partial charge in [-0.05, 0) is 45.4 Å². The summed E-state index contributed by atoms with van der Waals surface area (Å²) in [5, 5.41) is 46.6. The van der Waals surface area contributed by atoms with Crippen molar-refractivity contribution in [2.45, 2.75) is 102 Å². The normalized spacial score (nSPS) is 61.9. The first-order valence-corrected chi connectivity index (χ1v) is 10.9. The van der Waals surface area contributed by atoms with Gasteiger partial charge >= 0.3 is 5.97 Å². The monoisotopic (exact) mass is 410 g/mol. The molecule has 4 N–H and O–H groups in total. The largest absolute Gasteiger partial charge is 0.459 e. The van der Waals surface area contributed by atoms with Gasteiger partial charge in [0, 0.05) is 29.6 Å². The highest BCUT2D eigenvalue weighted by Crippen LogP contribution is 2.73. The minimum atomic E-state index is -1.49. The lowest BCUT2D eigenvalue weighted by Crippen LogP contribution is -2.63. The number of aliphatic hydroxyl groups excluding tert-OH is 1. The van der Waals surface area contributed by atoms with Gasteiger partial charge in [-0.1, -0.05) is 13.8 Å². The number of aliphatic hydroxyl groups is 4. The lowest BCUT2D eigenvalue weighted by atomic mass is 9.57. The van der Waals surface area contributed by atoms with Crippen LogP contribution in [0, 0.1) is 28.6 Å². The molecule has 0 radical (unpaired) electrons. The minimum Gasteiger partial charge on any atom is -0.459 e. The lowest BCUT2D eigenvalue weighted by Gasteiger charge is -2.51. The van der Waals surface area contributed by atoms with Crippen molar-refractivity contribution in [3.8, 4) is 0 Å². The molecule has 1 aliphatic heterocycles. The van der Waals surface area contributed by atoms with E-state index in [9.17, 15) is 25.2 Å². The highest BCUT2D eigenvalue weighted by Gasteiger charge is 2.83. The Labute approximate surface area is 171 Å². The van der Waals surface area contributed by atoms with Gasteiger partial charge in [0.15, 0.2) is 0 Å². The molecule has 7 nitrogen and oxygen atoms in total. The standard InChI is InChI=1S/C22H34O7/c1-10(23)28-13-8-21-9-19(4,25)11(16(21)24)6-7-12(21)20(5,26)15-14-17(29-14)18(2,3)22(13,15)27/h11-17,24-27H,6-9H2,1-5H3/t11-,12-,13+,14-,15-,16+,17-,19+,20+,21-,22+/m0/s1. The summed E-state index contributed by atoms with van der Waals surface area (Å²) < 4.78 is 11.6. The van der Waals surface area contributed by atoms with Crippen LogP contribution in [0.3, 0.4) is 0 Å². The minimum absolute atomic E-state index is 0.205. The molecule has 5 rings (SSSR count). The molecule has 4 saturated carbocycles. The molecule has 5 fully saturated rings. The van der Waals surface area contributed by atoms with E-state index in [2.05, 4.69) is 0 Å². The van der Waals surface area contributed by atoms with Crippen LogP contribution >= 0.6 is 0 Å². The zero-order valence-corrected chi connectivity index (χ0v) is 17.9. The number of carbonyl (C=O) groups excluding carboxylic acids is 1. The second-order valence-corrected chi connectivity index (χ2v) is 11.5. The summed E-state index contributed by atoms with van der Waals surface area (Å²) in [6.45, 7) is 8.62. The maximum Gasteiger partial charge on any atom is 0.303 e. The van der Waals surface area contributed by atoms with Crippen molar-refractivity contribution in [3.05, 3.63) is 0 Å². The van der Waals surface area contributed by atoms with Gasteiger partial charge in [0.25, 0.3) is 0 Å². The molecular weight excluding hydrogens is 376 g/mol. The van der Waals surface area contributed by atoms with E-state index in [1.165, 1.54) is 6.92 Å². The average molecular weight is 411 g/mol. The quantitative estimate of drug-likeness (QED) is 0.372. The van der Waals surface area contributed by atoms with Gasteiger partial charge < -0.3 is 29.9 Å². The fourth-order valence-electron chi connectivity index (χ4n) is 8.56. The van der Waals surface area contributed by atoms with Crippen molar-refractivity contribution in [2.24, 2.45) is 28.6 Å². The smallest absolute Gasteiger partial charge is 0.303 e. The number of fused-ring (bicyclic) bond motifs is 4. The molecule has 1 heterocycles. The first kappa shape index (κ1) is 20.2. The summed E-state index contributed by atoms with van der Waals surface area (Å²) in [5.41, 5.74) is -5.48. The highest BCUT2D eigenvalue weighted by molar-refractivity contribution is 5.66. The first-order chi connectivity index (χ1) is 13.2. The molecule has 0 amide bonds. The van der Waals surface area contributed by atoms with Gasteiger partial charge in [-0.15, -0.1) is 0 Å². The molecule has 0 aromatic heterocycles. The van der Waals surface area contributed by atoms with Crippen molar-refractivity contribution in [1.82, 2.24) is 0 Å². The Morgan fingerprint density at radius 2 is 1.76 bits per heavy atom. The zero-order chi connectivity index (χ0) is 21.4. The van der Waals surface area contributed by atoms with Gasteiger partial charge in [-0.3, -0.25) is 4.79 Å². The lowest BCUT2D eigenvalue weighted by molar-refractivity contribution is -0.230. The Morgan fingerprint density at radius 1 is 1.10 bits per heavy atom. The van der Waals surface area contributed by atoms with Crippen molar-refractivity contribution in [3.63, 3.8) is 0 Å². The Bertz CT molecular complexity index is 760. The van der Waals surface area contributed by atoms with E-state index in [0.29, 0.717) is 19.3 Å². The SMILES string of the molecule is CC(=O)O[C@@H]1C[C@]23C[C@@](C)(O)[C@@H](CC[C@H]2[C@@](C)(O)[C@@H]2[C@@H]4O[C@@H]4C(C)(C)[C@@]12O)[C@H]3O. The predicted molar refractivity (Wildman–Crippen MR) is 102 cm³/mol. The summed E-state index contributed by atoms with van der Waals surface area (Å²) in [7, 11) is 0. The van der Waals surface area contributed by atoms with E-state index in [1.54, 1.807) is 13.8 Å². The molecule has 0 unspecified atom stereocenters. The summed E-state index contributed by atoms with van der Waals surface area (Å²) in [6.07, 6.45) is -0.461. The number of rotatable bonds is 1. The third-order valence-corrected chi connectivity index (χ3v) is 9.69. The molecule has 1 spiro atoms. The van der Waals surface area contributed by atoms with E-state index in [-0.39, 0.29) is 30.5 Å². The van der Waals surface area contributed by atoms with Crippen LogP contribution in [0.1, 0.15) is 60.3 Å². The van der Waals surface area contributed by atoms with E-state index in [0.717, 1.165) is 0 Å². The van der Waals surface area contributed by atoms with Crippen molar-refractivity contribution in [2.75, 3.05) is 0 Å². The summed E-state index contributed by atoms with van der Waals surface area (Å²) >= 11 is 0. The van der Waals surface area contributed by atoms with Crippen LogP contribution in [0.5, 0.6) is 0 Å². The molecular formula is C22H34O7. The number of esters is 1. The number of hydrogen-bond acceptors (Lipinski definition) is 7. The van der Waals surface area contributed by atoms with E-state index >= 15 is 0 Å². The third kappa shape index (κ3) is 2.14. The molecule has 0 aromatic carbocycles. The van der Waals surface area contributed by atoms with Crippen molar-refractivity contribution >= 4 is 5.97 Å². The number of hydrogen-bond donors (Lipinski definition) is 4. The molecule has 0 aromatic rings. The molecule has 1 saturated heterocycles. The van der Waals surface area contributed by atoms with Gasteiger partial charge in [0.1, 0.15) is 11.7 Å². The van der Waals surface area contributed by atoms with Crippen molar-refractivity contribution < 1.29 is 34.7 Å². The van der Waals surface area contributed by atoms with Crippen LogP contribution in [0.25, 0.3) is 0 Å². The topological polar surface area (TPSA) is 120 Å². The average Bonchev–Trinajstić information content (AvgIpc) is 3.29. The van der Waals surface area contributed by atoms with E-state index < -0.39 is 51.7 Å². The molecule has 7 heteroatoms. The molecule has 11 atom stereocenters. The van der Waals surface area contributed by atoms with Gasteiger partial charge in [-0.25, -0.2) is 0 Å². The number of ether oxygens (including phenoxy) is 2. The van der Waals surface area contributed by atoms with Gasteiger partial charge in [0.05, 0.1) is 29.5 Å². The van der Waals surface area contributed by atoms with Crippen LogP contribution in [0.15, 0.2) is 0 Å². The first-order valence-electron chi connectivity index (χ1n) is 10.9. The molecule has 2 bridgehead atoms. The van der Waals surface area contributed by atoms with Crippen LogP contribution < -0.4 is 0 Å². The Hall–Kier alpha value is -0.730. The van der Waals surface area contributed by atoms with E-state index in [4.69, 9.17) is 9.47 Å². The molecule has 5 aliphatic rings. The van der Waals surface area contributed by atoms with E-state index in [1.807, 2.05) is 13.8 Å². The molecule has 29 heavy (non-hydrogen) atoms. The zero-order valence-electron chi connectivity index (χ0n) is 17.9. The van der Waals surface area contributed by atoms with Crippen molar-refractivity contribution in [1.29, 1.82) is 0 Å². The maximum absolute atomic E-state index is 12.2. The second-order valence-electron chi connectivity index (χ2n) is 11.5. The Kier molecular flexibility index (Phi) is 3.73. The highest BCUT2D eigenvalue weighted by atomic mass is 16.6. The van der Waals surface area contributed by atoms with Crippen LogP contribution in [0.4, 0.5) is 0 Å². The van der Waals surface area contributed by atoms with Gasteiger partial charge in [0.2, 0.25) is 0 Å². The second kappa shape index (κ2) is 5.36. The fraction of sp³-hybridized carbons (Fsp3) is 0.955. The number of carbonyl (C=O) groups is 1. The Morgan fingerprint density at radius 3 is 2.38 bits per heavy atom. The molecule has 164 valence electrons. The summed E-state index contributed by atoms with van der Waals surface area (Å²) in [5.74, 6) is -1.78. The van der Waals surface area contributed by atoms with Gasteiger partial charge in [-0.2, -0.15) is 0 Å². The maximum atomic E-state index is 12.2. The Balaban J connectivity index is 1.71. The van der Waals surface area contributed by atoms with Crippen LogP contribution in [-0.4, -0.2) is 67.6 Å². The predicted octanol–water partition coefficient (Wildman–Crippen LogP) is 0.755. The molecule has 4 aliphatic carbocycles.